The standard InChI is InChI=1S/C24H27FN6O4Si/c1-23(2)16-34-24(15-32,29-30-27)20(25)21(31-14-13-19(26)28-22(31)33)35-36(23,17-9-5-3-6-10-17)18-11-7-4-8-12-18/h3-14,20-21,32H,15-16H2,1-2H3,(H2,26,28,33)/t20-,21?,24+/m0/s1. The summed E-state index contributed by atoms with van der Waals surface area (Å²) < 4.78 is 30.3. The summed E-state index contributed by atoms with van der Waals surface area (Å²) in [6.07, 6.45) is -2.68. The average molecular weight is 511 g/mol. The van der Waals surface area contributed by atoms with Crippen LogP contribution in [0, 0.1) is 0 Å². The number of anilines is 1. The van der Waals surface area contributed by atoms with Crippen LogP contribution in [0.4, 0.5) is 10.2 Å². The molecule has 4 rings (SSSR count). The quantitative estimate of drug-likeness (QED) is 0.233. The number of alkyl halides is 1. The number of azide groups is 1. The molecule has 1 aromatic heterocycles. The lowest BCUT2D eigenvalue weighted by atomic mass is 10.1. The Hall–Kier alpha value is -3.54. The molecule has 0 aliphatic carbocycles. The summed E-state index contributed by atoms with van der Waals surface area (Å²) >= 11 is 0. The number of aromatic nitrogens is 2. The van der Waals surface area contributed by atoms with Crippen molar-refractivity contribution in [1.29, 1.82) is 0 Å². The van der Waals surface area contributed by atoms with E-state index in [9.17, 15) is 15.4 Å². The Bertz CT molecular complexity index is 1280. The van der Waals surface area contributed by atoms with Gasteiger partial charge in [0, 0.05) is 16.1 Å². The van der Waals surface area contributed by atoms with Gasteiger partial charge in [-0.3, -0.25) is 4.57 Å². The maximum atomic E-state index is 16.5. The van der Waals surface area contributed by atoms with Crippen LogP contribution in [0.1, 0.15) is 20.1 Å². The Balaban J connectivity index is 2.06. The number of nitrogen functional groups attached to an aromatic ring is 1. The summed E-state index contributed by atoms with van der Waals surface area (Å²) in [6.45, 7) is 2.75. The number of halogens is 1. The number of aliphatic hydroxyl groups is 1. The molecule has 0 spiro atoms. The minimum Gasteiger partial charge on any atom is -0.393 e. The molecule has 2 aromatic carbocycles. The van der Waals surface area contributed by atoms with Gasteiger partial charge in [-0.2, -0.15) is 4.98 Å². The Morgan fingerprint density at radius 2 is 1.78 bits per heavy atom. The first-order chi connectivity index (χ1) is 17.2. The summed E-state index contributed by atoms with van der Waals surface area (Å²) in [5.74, 6) is -0.0489. The van der Waals surface area contributed by atoms with Crippen LogP contribution in [-0.4, -0.2) is 48.1 Å². The van der Waals surface area contributed by atoms with E-state index in [-0.39, 0.29) is 12.4 Å². The number of benzene rings is 2. The Labute approximate surface area is 207 Å². The van der Waals surface area contributed by atoms with Crippen molar-refractivity contribution < 1.29 is 18.7 Å². The SMILES string of the molecule is CC1(C)CO[C@@](CO)(N=[N+]=[N-])[C@@H](F)C(n2ccc(N)nc2=O)O[Si]1(c1ccccc1)c1ccccc1. The number of hydrogen-bond donors (Lipinski definition) is 2. The average Bonchev–Trinajstić information content (AvgIpc) is 2.88. The summed E-state index contributed by atoms with van der Waals surface area (Å²) in [5, 5.41) is 14.5. The summed E-state index contributed by atoms with van der Waals surface area (Å²) in [7, 11) is -3.47. The molecular weight excluding hydrogens is 483 g/mol. The second-order valence-corrected chi connectivity index (χ2v) is 13.3. The van der Waals surface area contributed by atoms with Gasteiger partial charge in [0.25, 0.3) is 8.32 Å². The molecule has 1 aliphatic rings. The fraction of sp³-hybridized carbons (Fsp3) is 0.333. The molecule has 1 unspecified atom stereocenters. The Kier molecular flexibility index (Phi) is 6.98. The zero-order valence-electron chi connectivity index (χ0n) is 19.9. The molecule has 3 N–H and O–H groups in total. The number of nitrogens with zero attached hydrogens (tertiary/aromatic N) is 5. The molecule has 1 fully saturated rings. The van der Waals surface area contributed by atoms with Crippen LogP contribution >= 0.6 is 0 Å². The predicted molar refractivity (Wildman–Crippen MR) is 135 cm³/mol. The van der Waals surface area contributed by atoms with Gasteiger partial charge in [0.15, 0.2) is 12.4 Å². The number of rotatable bonds is 5. The highest BCUT2D eigenvalue weighted by atomic mass is 28.4. The van der Waals surface area contributed by atoms with Gasteiger partial charge in [0.1, 0.15) is 5.82 Å². The van der Waals surface area contributed by atoms with Crippen molar-refractivity contribution in [3.8, 4) is 0 Å². The third-order valence-corrected chi connectivity index (χ3v) is 11.5. The molecule has 0 saturated carbocycles. The zero-order valence-corrected chi connectivity index (χ0v) is 20.9. The molecule has 12 heteroatoms. The van der Waals surface area contributed by atoms with E-state index in [0.717, 1.165) is 14.9 Å². The maximum absolute atomic E-state index is 16.5. The largest absolute Gasteiger partial charge is 0.393 e. The lowest BCUT2D eigenvalue weighted by Crippen LogP contribution is -2.71. The molecule has 3 aromatic rings. The molecule has 3 atom stereocenters. The first kappa shape index (κ1) is 25.5. The van der Waals surface area contributed by atoms with E-state index in [0.29, 0.717) is 0 Å². The van der Waals surface area contributed by atoms with Crippen LogP contribution in [0.25, 0.3) is 10.4 Å². The van der Waals surface area contributed by atoms with Crippen molar-refractivity contribution in [3.05, 3.63) is 93.9 Å². The summed E-state index contributed by atoms with van der Waals surface area (Å²) in [5.41, 5.74) is 11.7. The Morgan fingerprint density at radius 3 is 2.28 bits per heavy atom. The van der Waals surface area contributed by atoms with Gasteiger partial charge in [0.05, 0.1) is 13.2 Å². The van der Waals surface area contributed by atoms with Crippen molar-refractivity contribution in [2.45, 2.75) is 37.0 Å². The molecule has 2 heterocycles. The molecule has 0 bridgehead atoms. The minimum atomic E-state index is -3.47. The van der Waals surface area contributed by atoms with Crippen LogP contribution in [0.5, 0.6) is 0 Å². The van der Waals surface area contributed by atoms with E-state index in [2.05, 4.69) is 15.0 Å². The van der Waals surface area contributed by atoms with Gasteiger partial charge < -0.3 is 20.0 Å². The third-order valence-electron chi connectivity index (χ3n) is 6.54. The summed E-state index contributed by atoms with van der Waals surface area (Å²) in [4.78, 5) is 19.4. The van der Waals surface area contributed by atoms with Crippen LogP contribution in [0.15, 0.2) is 82.8 Å². The molecule has 0 radical (unpaired) electrons. The van der Waals surface area contributed by atoms with Crippen molar-refractivity contribution in [2.24, 2.45) is 5.11 Å². The normalized spacial score (nSPS) is 25.2. The van der Waals surface area contributed by atoms with Crippen LogP contribution in [0.3, 0.4) is 0 Å². The maximum Gasteiger partial charge on any atom is 0.351 e. The third kappa shape index (κ3) is 4.19. The Morgan fingerprint density at radius 1 is 1.19 bits per heavy atom. The molecule has 1 saturated heterocycles. The molecule has 36 heavy (non-hydrogen) atoms. The molecule has 0 amide bonds. The second kappa shape index (κ2) is 9.84. The lowest BCUT2D eigenvalue weighted by molar-refractivity contribution is -0.174. The van der Waals surface area contributed by atoms with Crippen molar-refractivity contribution in [2.75, 3.05) is 18.9 Å². The number of nitrogens with two attached hydrogens (primary N) is 1. The monoisotopic (exact) mass is 510 g/mol. The first-order valence-electron chi connectivity index (χ1n) is 11.3. The lowest BCUT2D eigenvalue weighted by Gasteiger charge is -2.51. The number of ether oxygens (including phenoxy) is 1. The highest BCUT2D eigenvalue weighted by Gasteiger charge is 2.60. The van der Waals surface area contributed by atoms with E-state index in [1.807, 2.05) is 74.5 Å². The summed E-state index contributed by atoms with van der Waals surface area (Å²) in [6, 6.07) is 20.2. The first-order valence-corrected chi connectivity index (χ1v) is 13.2. The van der Waals surface area contributed by atoms with Gasteiger partial charge in [-0.1, -0.05) is 79.6 Å². The van der Waals surface area contributed by atoms with Crippen molar-refractivity contribution in [3.63, 3.8) is 0 Å². The topological polar surface area (TPSA) is 148 Å². The van der Waals surface area contributed by atoms with Gasteiger partial charge in [-0.15, -0.1) is 0 Å². The van der Waals surface area contributed by atoms with E-state index < -0.39 is 43.8 Å². The number of aliphatic hydroxyl groups excluding tert-OH is 1. The molecule has 10 nitrogen and oxygen atoms in total. The van der Waals surface area contributed by atoms with Crippen LogP contribution in [0.2, 0.25) is 5.04 Å². The fourth-order valence-corrected chi connectivity index (χ4v) is 9.36. The molecule has 188 valence electrons. The van der Waals surface area contributed by atoms with Gasteiger partial charge >= 0.3 is 5.69 Å². The van der Waals surface area contributed by atoms with Crippen LogP contribution in [-0.2, 0) is 9.16 Å². The van der Waals surface area contributed by atoms with Gasteiger partial charge in [-0.25, -0.2) is 9.18 Å². The highest BCUT2D eigenvalue weighted by molar-refractivity contribution is 6.99. The fourth-order valence-electron chi connectivity index (χ4n) is 4.68. The predicted octanol–water partition coefficient (Wildman–Crippen LogP) is 2.25. The van der Waals surface area contributed by atoms with Gasteiger partial charge in [0.2, 0.25) is 5.72 Å². The molecule has 1 aliphatic heterocycles. The van der Waals surface area contributed by atoms with E-state index in [1.165, 1.54) is 12.3 Å². The van der Waals surface area contributed by atoms with E-state index in [4.69, 9.17) is 14.9 Å². The van der Waals surface area contributed by atoms with E-state index in [1.54, 1.807) is 0 Å². The second-order valence-electron chi connectivity index (χ2n) is 9.23. The smallest absolute Gasteiger partial charge is 0.351 e. The van der Waals surface area contributed by atoms with Crippen molar-refractivity contribution >= 4 is 24.5 Å². The molecular formula is C24H27FN6O4Si. The zero-order chi connectivity index (χ0) is 26.0. The van der Waals surface area contributed by atoms with Crippen molar-refractivity contribution in [1.82, 2.24) is 9.55 Å². The van der Waals surface area contributed by atoms with Gasteiger partial charge in [-0.05, 0) is 22.0 Å². The minimum absolute atomic E-state index is 0.0489. The van der Waals surface area contributed by atoms with Crippen LogP contribution < -0.4 is 21.8 Å². The highest BCUT2D eigenvalue weighted by Crippen LogP contribution is 2.46. The van der Waals surface area contributed by atoms with E-state index >= 15 is 4.39 Å². The number of hydrogen-bond acceptors (Lipinski definition) is 7.